The van der Waals surface area contributed by atoms with Gasteiger partial charge in [-0.2, -0.15) is 0 Å². The summed E-state index contributed by atoms with van der Waals surface area (Å²) < 4.78 is 16.6. The Morgan fingerprint density at radius 1 is 1.27 bits per heavy atom. The van der Waals surface area contributed by atoms with Crippen molar-refractivity contribution in [3.63, 3.8) is 0 Å². The standard InChI is InChI=1S/C21H27FN4O4/c1-4-25-11-14(20(28)24-18(12(2)3)21(29)30)19(27)13-9-15(22)17(10-16(13)25)26-7-5-23-6-8-26/h9-12,18,23H,4-8H2,1-3H3,(H,24,28)(H,29,30)/t18-/m0/s1. The van der Waals surface area contributed by atoms with E-state index in [1.54, 1.807) is 24.5 Å². The Bertz CT molecular complexity index is 1030. The maximum Gasteiger partial charge on any atom is 0.326 e. The molecule has 0 unspecified atom stereocenters. The third kappa shape index (κ3) is 4.16. The Hall–Kier alpha value is -2.94. The van der Waals surface area contributed by atoms with Gasteiger partial charge in [-0.15, -0.1) is 0 Å². The predicted molar refractivity (Wildman–Crippen MR) is 113 cm³/mol. The first-order chi connectivity index (χ1) is 14.2. The van der Waals surface area contributed by atoms with E-state index in [-0.39, 0.29) is 16.9 Å². The maximum absolute atomic E-state index is 14.9. The highest BCUT2D eigenvalue weighted by Gasteiger charge is 2.26. The molecule has 1 atom stereocenters. The number of nitrogens with one attached hydrogen (secondary N) is 2. The molecule has 0 aliphatic carbocycles. The molecule has 8 nitrogen and oxygen atoms in total. The van der Waals surface area contributed by atoms with Gasteiger partial charge in [0.2, 0.25) is 5.43 Å². The van der Waals surface area contributed by atoms with Crippen molar-refractivity contribution in [2.45, 2.75) is 33.4 Å². The molecule has 162 valence electrons. The molecule has 1 amide bonds. The number of aromatic nitrogens is 1. The summed E-state index contributed by atoms with van der Waals surface area (Å²) in [5.41, 5.74) is 0.137. The first kappa shape index (κ1) is 21.8. The van der Waals surface area contributed by atoms with E-state index < -0.39 is 29.2 Å². The molecular formula is C21H27FN4O4. The van der Waals surface area contributed by atoms with Crippen LogP contribution in [0.25, 0.3) is 10.9 Å². The van der Waals surface area contributed by atoms with Crippen molar-refractivity contribution in [1.29, 1.82) is 0 Å². The Kier molecular flexibility index (Phi) is 6.40. The zero-order valence-electron chi connectivity index (χ0n) is 17.4. The van der Waals surface area contributed by atoms with E-state index in [9.17, 15) is 23.9 Å². The van der Waals surface area contributed by atoms with Crippen LogP contribution in [0.15, 0.2) is 23.1 Å². The Morgan fingerprint density at radius 2 is 1.93 bits per heavy atom. The average molecular weight is 418 g/mol. The first-order valence-corrected chi connectivity index (χ1v) is 10.1. The molecule has 30 heavy (non-hydrogen) atoms. The third-order valence-electron chi connectivity index (χ3n) is 5.41. The number of benzene rings is 1. The molecule has 1 aromatic heterocycles. The lowest BCUT2D eigenvalue weighted by Gasteiger charge is -2.30. The molecule has 2 heterocycles. The Labute approximate surface area is 173 Å². The lowest BCUT2D eigenvalue weighted by atomic mass is 10.0. The number of halogens is 1. The lowest BCUT2D eigenvalue weighted by Crippen LogP contribution is -2.45. The van der Waals surface area contributed by atoms with Crippen LogP contribution in [0.4, 0.5) is 10.1 Å². The minimum atomic E-state index is -1.18. The molecule has 9 heteroatoms. The van der Waals surface area contributed by atoms with Gasteiger partial charge in [-0.05, 0) is 25.0 Å². The fourth-order valence-electron chi connectivity index (χ4n) is 3.70. The van der Waals surface area contributed by atoms with Crippen LogP contribution in [0.2, 0.25) is 0 Å². The van der Waals surface area contributed by atoms with Gasteiger partial charge in [-0.3, -0.25) is 9.59 Å². The van der Waals surface area contributed by atoms with Crippen LogP contribution < -0.4 is 21.0 Å². The van der Waals surface area contributed by atoms with Crippen molar-refractivity contribution >= 4 is 28.5 Å². The van der Waals surface area contributed by atoms with E-state index in [0.29, 0.717) is 30.8 Å². The van der Waals surface area contributed by atoms with E-state index in [2.05, 4.69) is 10.6 Å². The number of nitrogens with zero attached hydrogens (tertiary/aromatic N) is 2. The van der Waals surface area contributed by atoms with Gasteiger partial charge < -0.3 is 25.2 Å². The van der Waals surface area contributed by atoms with Crippen molar-refractivity contribution < 1.29 is 19.1 Å². The smallest absolute Gasteiger partial charge is 0.326 e. The second-order valence-electron chi connectivity index (χ2n) is 7.75. The highest BCUT2D eigenvalue weighted by Crippen LogP contribution is 2.25. The minimum Gasteiger partial charge on any atom is -0.480 e. The number of amides is 1. The monoisotopic (exact) mass is 418 g/mol. The molecule has 1 fully saturated rings. The largest absolute Gasteiger partial charge is 0.480 e. The van der Waals surface area contributed by atoms with Gasteiger partial charge in [0.25, 0.3) is 5.91 Å². The highest BCUT2D eigenvalue weighted by molar-refractivity contribution is 5.99. The van der Waals surface area contributed by atoms with E-state index >= 15 is 0 Å². The first-order valence-electron chi connectivity index (χ1n) is 10.1. The topological polar surface area (TPSA) is 104 Å². The van der Waals surface area contributed by atoms with Crippen LogP contribution in [0.1, 0.15) is 31.1 Å². The summed E-state index contributed by atoms with van der Waals surface area (Å²) in [4.78, 5) is 39.0. The van der Waals surface area contributed by atoms with Crippen molar-refractivity contribution in [2.24, 2.45) is 5.92 Å². The molecule has 2 aromatic rings. The molecule has 1 aromatic carbocycles. The quantitative estimate of drug-likeness (QED) is 0.655. The Morgan fingerprint density at radius 3 is 2.50 bits per heavy atom. The number of pyridine rings is 1. The number of carbonyl (C=O) groups is 2. The van der Waals surface area contributed by atoms with Gasteiger partial charge in [-0.1, -0.05) is 13.8 Å². The molecule has 0 bridgehead atoms. The van der Waals surface area contributed by atoms with Crippen molar-refractivity contribution in [1.82, 2.24) is 15.2 Å². The number of anilines is 1. The molecule has 0 radical (unpaired) electrons. The van der Waals surface area contributed by atoms with Gasteiger partial charge in [0, 0.05) is 44.3 Å². The highest BCUT2D eigenvalue weighted by atomic mass is 19.1. The second-order valence-corrected chi connectivity index (χ2v) is 7.75. The fourth-order valence-corrected chi connectivity index (χ4v) is 3.70. The van der Waals surface area contributed by atoms with Crippen LogP contribution in [0, 0.1) is 11.7 Å². The van der Waals surface area contributed by atoms with E-state index in [0.717, 1.165) is 13.1 Å². The zero-order valence-corrected chi connectivity index (χ0v) is 17.4. The number of hydrogen-bond acceptors (Lipinski definition) is 5. The zero-order chi connectivity index (χ0) is 22.0. The van der Waals surface area contributed by atoms with Gasteiger partial charge in [0.1, 0.15) is 17.4 Å². The number of hydrogen-bond donors (Lipinski definition) is 3. The summed E-state index contributed by atoms with van der Waals surface area (Å²) >= 11 is 0. The SMILES string of the molecule is CCn1cc(C(=O)N[C@H](C(=O)O)C(C)C)c(=O)c2cc(F)c(N3CCNCC3)cc21. The number of aliphatic carboxylic acids is 1. The number of piperazine rings is 1. The Balaban J connectivity index is 2.08. The summed E-state index contributed by atoms with van der Waals surface area (Å²) in [7, 11) is 0. The molecular weight excluding hydrogens is 391 g/mol. The summed E-state index contributed by atoms with van der Waals surface area (Å²) in [6.45, 7) is 8.45. The van der Waals surface area contributed by atoms with Crippen LogP contribution in [0.5, 0.6) is 0 Å². The van der Waals surface area contributed by atoms with Crippen LogP contribution in [-0.4, -0.2) is 53.8 Å². The number of fused-ring (bicyclic) bond motifs is 1. The van der Waals surface area contributed by atoms with E-state index in [4.69, 9.17) is 0 Å². The summed E-state index contributed by atoms with van der Waals surface area (Å²) in [5.74, 6) is -2.84. The number of aryl methyl sites for hydroxylation is 1. The minimum absolute atomic E-state index is 0.0947. The number of carbonyl (C=O) groups excluding carboxylic acids is 1. The van der Waals surface area contributed by atoms with Gasteiger partial charge in [0.15, 0.2) is 0 Å². The molecule has 1 aliphatic heterocycles. The van der Waals surface area contributed by atoms with Crippen molar-refractivity contribution in [3.8, 4) is 0 Å². The predicted octanol–water partition coefficient (Wildman–Crippen LogP) is 1.41. The van der Waals surface area contributed by atoms with E-state index in [1.165, 1.54) is 12.3 Å². The van der Waals surface area contributed by atoms with Gasteiger partial charge in [-0.25, -0.2) is 9.18 Å². The normalized spacial score (nSPS) is 15.4. The summed E-state index contributed by atoms with van der Waals surface area (Å²) in [6, 6.07) is 1.70. The number of carboxylic acids is 1. The molecule has 1 saturated heterocycles. The molecule has 0 spiro atoms. The fraction of sp³-hybridized carbons (Fsp3) is 0.476. The second kappa shape index (κ2) is 8.83. The van der Waals surface area contributed by atoms with Crippen molar-refractivity contribution in [3.05, 3.63) is 39.9 Å². The van der Waals surface area contributed by atoms with Gasteiger partial charge >= 0.3 is 5.97 Å². The molecule has 3 N–H and O–H groups in total. The van der Waals surface area contributed by atoms with E-state index in [1.807, 2.05) is 11.8 Å². The third-order valence-corrected chi connectivity index (χ3v) is 5.41. The maximum atomic E-state index is 14.9. The van der Waals surface area contributed by atoms with Crippen LogP contribution >= 0.6 is 0 Å². The number of rotatable bonds is 6. The number of carboxylic acid groups (broad SMARTS) is 1. The van der Waals surface area contributed by atoms with Gasteiger partial charge in [0.05, 0.1) is 11.2 Å². The molecule has 0 saturated carbocycles. The average Bonchev–Trinajstić information content (AvgIpc) is 2.72. The van der Waals surface area contributed by atoms with Crippen LogP contribution in [-0.2, 0) is 11.3 Å². The van der Waals surface area contributed by atoms with Crippen LogP contribution in [0.3, 0.4) is 0 Å². The summed E-state index contributed by atoms with van der Waals surface area (Å²) in [6.07, 6.45) is 1.42. The van der Waals surface area contributed by atoms with Crippen molar-refractivity contribution in [2.75, 3.05) is 31.1 Å². The molecule has 3 rings (SSSR count). The molecule has 1 aliphatic rings. The summed E-state index contributed by atoms with van der Waals surface area (Å²) in [5, 5.41) is 15.0. The lowest BCUT2D eigenvalue weighted by molar-refractivity contribution is -0.140.